The molecule has 2 atom stereocenters. The summed E-state index contributed by atoms with van der Waals surface area (Å²) in [4.78, 5) is 0. The highest BCUT2D eigenvalue weighted by Gasteiger charge is 2.58. The molecule has 1 nitrogen and oxygen atoms in total. The van der Waals surface area contributed by atoms with E-state index in [0.29, 0.717) is 11.3 Å². The van der Waals surface area contributed by atoms with E-state index in [1.807, 2.05) is 0 Å². The average molecular weight is 351 g/mol. The summed E-state index contributed by atoms with van der Waals surface area (Å²) >= 11 is 10.1. The minimum atomic E-state index is -0.540. The molecule has 0 aromatic carbocycles. The van der Waals surface area contributed by atoms with Gasteiger partial charge in [0.2, 0.25) is 0 Å². The molecule has 1 fully saturated rings. The number of halogens is 3. The molecule has 1 saturated carbocycles. The predicted octanol–water partition coefficient (Wildman–Crippen LogP) is 3.23. The Bertz CT molecular complexity index is 165. The van der Waals surface area contributed by atoms with Gasteiger partial charge < -0.3 is 5.11 Å². The summed E-state index contributed by atoms with van der Waals surface area (Å²) in [7, 11) is 0. The first-order chi connectivity index (χ1) is 4.78. The lowest BCUT2D eigenvalue weighted by Crippen LogP contribution is -2.28. The average Bonchev–Trinajstić information content (AvgIpc) is 2.40. The van der Waals surface area contributed by atoms with Crippen molar-refractivity contribution in [3.05, 3.63) is 0 Å². The summed E-state index contributed by atoms with van der Waals surface area (Å²) < 4.78 is -0.358. The van der Waals surface area contributed by atoms with Crippen molar-refractivity contribution >= 4 is 47.8 Å². The van der Waals surface area contributed by atoms with Crippen LogP contribution in [0.25, 0.3) is 0 Å². The van der Waals surface area contributed by atoms with Crippen LogP contribution in [0.15, 0.2) is 0 Å². The number of aliphatic hydroxyl groups excluding tert-OH is 1. The van der Waals surface area contributed by atoms with Crippen molar-refractivity contribution in [2.75, 3.05) is 0 Å². The maximum atomic E-state index is 9.35. The van der Waals surface area contributed by atoms with Gasteiger partial charge in [-0.1, -0.05) is 61.6 Å². The Morgan fingerprint density at radius 2 is 1.91 bits per heavy atom. The molecule has 0 heterocycles. The SMILES string of the molecule is CC1(C)CC1C(Br)(Br)C(O)Br. The van der Waals surface area contributed by atoms with Crippen LogP contribution in [0.3, 0.4) is 0 Å². The summed E-state index contributed by atoms with van der Waals surface area (Å²) in [6.07, 6.45) is 1.14. The second kappa shape index (κ2) is 2.96. The van der Waals surface area contributed by atoms with Gasteiger partial charge >= 0.3 is 0 Å². The quantitative estimate of drug-likeness (QED) is 0.758. The minimum absolute atomic E-state index is 0.349. The fraction of sp³-hybridized carbons (Fsp3) is 1.00. The van der Waals surface area contributed by atoms with Crippen molar-refractivity contribution in [3.63, 3.8) is 0 Å². The zero-order valence-corrected chi connectivity index (χ0v) is 11.2. The molecule has 0 amide bonds. The van der Waals surface area contributed by atoms with E-state index < -0.39 is 5.01 Å². The lowest BCUT2D eigenvalue weighted by Gasteiger charge is -2.24. The number of rotatable bonds is 2. The molecule has 0 spiro atoms. The zero-order chi connectivity index (χ0) is 8.86. The second-order valence-electron chi connectivity index (χ2n) is 3.76. The summed E-state index contributed by atoms with van der Waals surface area (Å²) in [5, 5.41) is 8.81. The lowest BCUT2D eigenvalue weighted by atomic mass is 10.1. The number of hydrogen-bond donors (Lipinski definition) is 1. The van der Waals surface area contributed by atoms with Crippen molar-refractivity contribution in [2.24, 2.45) is 11.3 Å². The predicted molar refractivity (Wildman–Crippen MR) is 57.4 cm³/mol. The highest BCUT2D eigenvalue weighted by Crippen LogP contribution is 2.63. The van der Waals surface area contributed by atoms with E-state index in [2.05, 4.69) is 61.6 Å². The Balaban J connectivity index is 2.62. The van der Waals surface area contributed by atoms with Gasteiger partial charge in [0.25, 0.3) is 0 Å². The van der Waals surface area contributed by atoms with Gasteiger partial charge in [-0.05, 0) is 17.8 Å². The first-order valence-electron chi connectivity index (χ1n) is 3.48. The Hall–Kier alpha value is 1.40. The van der Waals surface area contributed by atoms with E-state index >= 15 is 0 Å². The molecule has 0 bridgehead atoms. The van der Waals surface area contributed by atoms with Crippen LogP contribution in [0.2, 0.25) is 0 Å². The highest BCUT2D eigenvalue weighted by atomic mass is 79.9. The van der Waals surface area contributed by atoms with Crippen LogP contribution in [0, 0.1) is 11.3 Å². The first-order valence-corrected chi connectivity index (χ1v) is 5.98. The second-order valence-corrected chi connectivity index (χ2v) is 8.31. The van der Waals surface area contributed by atoms with E-state index in [1.54, 1.807) is 0 Å². The van der Waals surface area contributed by atoms with Gasteiger partial charge in [0.15, 0.2) is 0 Å². The van der Waals surface area contributed by atoms with Crippen molar-refractivity contribution < 1.29 is 5.11 Å². The molecule has 4 heteroatoms. The van der Waals surface area contributed by atoms with Crippen molar-refractivity contribution in [1.82, 2.24) is 0 Å². The van der Waals surface area contributed by atoms with Crippen LogP contribution < -0.4 is 0 Å². The van der Waals surface area contributed by atoms with E-state index in [-0.39, 0.29) is 3.23 Å². The van der Waals surface area contributed by atoms with Crippen LogP contribution in [0.5, 0.6) is 0 Å². The molecule has 66 valence electrons. The van der Waals surface area contributed by atoms with Crippen molar-refractivity contribution in [2.45, 2.75) is 28.5 Å². The molecule has 11 heavy (non-hydrogen) atoms. The molecule has 1 aliphatic carbocycles. The highest BCUT2D eigenvalue weighted by molar-refractivity contribution is 9.26. The fourth-order valence-corrected chi connectivity index (χ4v) is 3.17. The molecule has 0 saturated heterocycles. The molecule has 0 aliphatic heterocycles. The van der Waals surface area contributed by atoms with E-state index in [1.165, 1.54) is 0 Å². The molecular weight excluding hydrogens is 340 g/mol. The Kier molecular flexibility index (Phi) is 2.82. The summed E-state index contributed by atoms with van der Waals surface area (Å²) in [5.74, 6) is 0.490. The van der Waals surface area contributed by atoms with Gasteiger partial charge in [-0.15, -0.1) is 0 Å². The molecular formula is C7H11Br3O. The summed E-state index contributed by atoms with van der Waals surface area (Å²) in [6.45, 7) is 4.40. The van der Waals surface area contributed by atoms with E-state index in [0.717, 1.165) is 6.42 Å². The maximum Gasteiger partial charge on any atom is 0.134 e. The normalized spacial score (nSPS) is 31.6. The smallest absolute Gasteiger partial charge is 0.134 e. The minimum Gasteiger partial charge on any atom is -0.379 e. The lowest BCUT2D eigenvalue weighted by molar-refractivity contribution is 0.244. The maximum absolute atomic E-state index is 9.35. The number of hydrogen-bond acceptors (Lipinski definition) is 1. The molecule has 0 radical (unpaired) electrons. The van der Waals surface area contributed by atoms with Gasteiger partial charge in [0.05, 0.1) is 0 Å². The molecule has 0 aromatic heterocycles. The van der Waals surface area contributed by atoms with Crippen molar-refractivity contribution in [3.8, 4) is 0 Å². The van der Waals surface area contributed by atoms with Gasteiger partial charge in [-0.2, -0.15) is 0 Å². The first kappa shape index (κ1) is 10.5. The van der Waals surface area contributed by atoms with Crippen LogP contribution >= 0.6 is 47.8 Å². The summed E-state index contributed by atoms with van der Waals surface area (Å²) in [6, 6.07) is 0. The zero-order valence-electron chi connectivity index (χ0n) is 6.44. The molecule has 2 unspecified atom stereocenters. The Labute approximate surface area is 92.3 Å². The Morgan fingerprint density at radius 1 is 1.55 bits per heavy atom. The van der Waals surface area contributed by atoms with Crippen LogP contribution in [-0.2, 0) is 0 Å². The molecule has 0 aromatic rings. The monoisotopic (exact) mass is 348 g/mol. The van der Waals surface area contributed by atoms with Crippen LogP contribution in [0.4, 0.5) is 0 Å². The molecule has 1 rings (SSSR count). The number of aliphatic hydroxyl groups is 1. The molecule has 1 aliphatic rings. The third kappa shape index (κ3) is 2.01. The Morgan fingerprint density at radius 3 is 2.00 bits per heavy atom. The molecule has 1 N–H and O–H groups in total. The third-order valence-corrected chi connectivity index (χ3v) is 6.22. The van der Waals surface area contributed by atoms with Gasteiger partial charge in [-0.3, -0.25) is 0 Å². The van der Waals surface area contributed by atoms with Gasteiger partial charge in [0, 0.05) is 0 Å². The van der Waals surface area contributed by atoms with Gasteiger partial charge in [0.1, 0.15) is 8.25 Å². The number of alkyl halides is 3. The van der Waals surface area contributed by atoms with E-state index in [4.69, 9.17) is 0 Å². The largest absolute Gasteiger partial charge is 0.379 e. The third-order valence-electron chi connectivity index (χ3n) is 2.30. The van der Waals surface area contributed by atoms with Gasteiger partial charge in [-0.25, -0.2) is 0 Å². The van der Waals surface area contributed by atoms with Crippen LogP contribution in [-0.4, -0.2) is 13.4 Å². The summed E-state index contributed by atoms with van der Waals surface area (Å²) in [5.41, 5.74) is 0.349. The van der Waals surface area contributed by atoms with Crippen molar-refractivity contribution in [1.29, 1.82) is 0 Å². The fourth-order valence-electron chi connectivity index (χ4n) is 1.29. The topological polar surface area (TPSA) is 20.2 Å². The van der Waals surface area contributed by atoms with E-state index in [9.17, 15) is 5.11 Å². The standard InChI is InChI=1S/C7H11Br3O/c1-6(2)3-4(6)7(9,10)5(8)11/h4-5,11H,3H2,1-2H3. The van der Waals surface area contributed by atoms with Crippen LogP contribution in [0.1, 0.15) is 20.3 Å².